The standard InChI is InChI=1S/C19H29NO2/c1-4-6-17(21)9-11-20-12-10-19(3,15(2)14-20)16-7-5-8-18(22)13-16/h5,7-8,13,15,22H,4,6,9-12,14H2,1-3H3. The molecule has 1 fully saturated rings. The van der Waals surface area contributed by atoms with Gasteiger partial charge in [-0.1, -0.05) is 32.9 Å². The van der Waals surface area contributed by atoms with E-state index in [1.54, 1.807) is 6.07 Å². The molecule has 0 spiro atoms. The van der Waals surface area contributed by atoms with Crippen LogP contribution >= 0.6 is 0 Å². The lowest BCUT2D eigenvalue weighted by molar-refractivity contribution is -0.119. The van der Waals surface area contributed by atoms with Crippen LogP contribution in [0.25, 0.3) is 0 Å². The average molecular weight is 303 g/mol. The molecule has 1 saturated heterocycles. The molecule has 0 radical (unpaired) electrons. The Kier molecular flexibility index (Phi) is 5.63. The van der Waals surface area contributed by atoms with Gasteiger partial charge in [0, 0.05) is 25.9 Å². The van der Waals surface area contributed by atoms with Gasteiger partial charge in [0.15, 0.2) is 0 Å². The second kappa shape index (κ2) is 7.28. The van der Waals surface area contributed by atoms with Crippen molar-refractivity contribution in [2.45, 2.75) is 51.9 Å². The third-order valence-corrected chi connectivity index (χ3v) is 5.31. The lowest BCUT2D eigenvalue weighted by Gasteiger charge is -2.45. The first-order valence-corrected chi connectivity index (χ1v) is 8.49. The topological polar surface area (TPSA) is 40.5 Å². The van der Waals surface area contributed by atoms with Crippen LogP contribution in [0.4, 0.5) is 0 Å². The first kappa shape index (κ1) is 17.0. The minimum atomic E-state index is 0.0999. The summed E-state index contributed by atoms with van der Waals surface area (Å²) in [4.78, 5) is 14.1. The van der Waals surface area contributed by atoms with Crippen molar-refractivity contribution in [3.8, 4) is 5.75 Å². The third kappa shape index (κ3) is 3.89. The summed E-state index contributed by atoms with van der Waals surface area (Å²) >= 11 is 0. The number of rotatable bonds is 6. The zero-order valence-electron chi connectivity index (χ0n) is 14.1. The molecule has 0 amide bonds. The Bertz CT molecular complexity index is 514. The highest BCUT2D eigenvalue weighted by molar-refractivity contribution is 5.78. The zero-order valence-corrected chi connectivity index (χ0v) is 14.1. The van der Waals surface area contributed by atoms with E-state index >= 15 is 0 Å². The molecule has 0 bridgehead atoms. The fraction of sp³-hybridized carbons (Fsp3) is 0.632. The van der Waals surface area contributed by atoms with Crippen LogP contribution in [0, 0.1) is 5.92 Å². The van der Waals surface area contributed by atoms with Crippen LogP contribution in [-0.4, -0.2) is 35.4 Å². The van der Waals surface area contributed by atoms with Gasteiger partial charge in [-0.3, -0.25) is 4.79 Å². The first-order chi connectivity index (χ1) is 10.5. The molecular formula is C19H29NO2. The van der Waals surface area contributed by atoms with E-state index in [2.05, 4.69) is 31.7 Å². The molecule has 2 unspecified atom stereocenters. The van der Waals surface area contributed by atoms with E-state index in [0.29, 0.717) is 30.3 Å². The maximum absolute atomic E-state index is 11.7. The molecule has 0 aliphatic carbocycles. The summed E-state index contributed by atoms with van der Waals surface area (Å²) in [6, 6.07) is 7.68. The van der Waals surface area contributed by atoms with Crippen molar-refractivity contribution in [1.29, 1.82) is 0 Å². The van der Waals surface area contributed by atoms with Crippen molar-refractivity contribution in [3.05, 3.63) is 29.8 Å². The fourth-order valence-corrected chi connectivity index (χ4v) is 3.50. The van der Waals surface area contributed by atoms with Gasteiger partial charge < -0.3 is 10.0 Å². The van der Waals surface area contributed by atoms with E-state index in [4.69, 9.17) is 0 Å². The molecule has 3 nitrogen and oxygen atoms in total. The van der Waals surface area contributed by atoms with E-state index in [1.807, 2.05) is 12.1 Å². The van der Waals surface area contributed by atoms with Crippen LogP contribution in [0.3, 0.4) is 0 Å². The van der Waals surface area contributed by atoms with Gasteiger partial charge in [-0.05, 0) is 48.4 Å². The van der Waals surface area contributed by atoms with Gasteiger partial charge in [-0.25, -0.2) is 0 Å². The highest BCUT2D eigenvalue weighted by Gasteiger charge is 2.37. The summed E-state index contributed by atoms with van der Waals surface area (Å²) < 4.78 is 0. The minimum Gasteiger partial charge on any atom is -0.508 e. The fourth-order valence-electron chi connectivity index (χ4n) is 3.50. The van der Waals surface area contributed by atoms with Gasteiger partial charge in [-0.2, -0.15) is 0 Å². The zero-order chi connectivity index (χ0) is 16.2. The van der Waals surface area contributed by atoms with E-state index in [0.717, 1.165) is 32.5 Å². The SMILES string of the molecule is CCCC(=O)CCN1CCC(C)(c2cccc(O)c2)C(C)C1. The number of phenols is 1. The smallest absolute Gasteiger partial charge is 0.134 e. The molecule has 2 atom stereocenters. The van der Waals surface area contributed by atoms with Crippen molar-refractivity contribution in [1.82, 2.24) is 4.90 Å². The molecular weight excluding hydrogens is 274 g/mol. The van der Waals surface area contributed by atoms with Crippen LogP contribution in [0.2, 0.25) is 0 Å². The Morgan fingerprint density at radius 3 is 2.82 bits per heavy atom. The first-order valence-electron chi connectivity index (χ1n) is 8.49. The number of hydrogen-bond acceptors (Lipinski definition) is 3. The van der Waals surface area contributed by atoms with Crippen LogP contribution < -0.4 is 0 Å². The Morgan fingerprint density at radius 2 is 2.18 bits per heavy atom. The van der Waals surface area contributed by atoms with Gasteiger partial charge in [0.2, 0.25) is 0 Å². The predicted molar refractivity (Wildman–Crippen MR) is 90.2 cm³/mol. The van der Waals surface area contributed by atoms with Gasteiger partial charge in [0.05, 0.1) is 0 Å². The number of piperidine rings is 1. The van der Waals surface area contributed by atoms with Gasteiger partial charge >= 0.3 is 0 Å². The number of carbonyl (C=O) groups excluding carboxylic acids is 1. The van der Waals surface area contributed by atoms with Gasteiger partial charge in [0.25, 0.3) is 0 Å². The highest BCUT2D eigenvalue weighted by Crippen LogP contribution is 2.40. The molecule has 122 valence electrons. The lowest BCUT2D eigenvalue weighted by Crippen LogP contribution is -2.47. The Labute approximate surface area is 134 Å². The van der Waals surface area contributed by atoms with E-state index in [1.165, 1.54) is 5.56 Å². The molecule has 1 aromatic carbocycles. The molecule has 1 heterocycles. The van der Waals surface area contributed by atoms with Gasteiger partial charge in [-0.15, -0.1) is 0 Å². The van der Waals surface area contributed by atoms with Crippen LogP contribution in [-0.2, 0) is 10.2 Å². The number of carbonyl (C=O) groups is 1. The molecule has 3 heteroatoms. The summed E-state index contributed by atoms with van der Waals surface area (Å²) in [6.45, 7) is 9.57. The second-order valence-electron chi connectivity index (χ2n) is 6.96. The largest absolute Gasteiger partial charge is 0.508 e. The number of Topliss-reactive ketones (excluding diaryl/α,β-unsaturated/α-hetero) is 1. The molecule has 1 aliphatic heterocycles. The number of phenolic OH excluding ortho intramolecular Hbond substituents is 1. The second-order valence-corrected chi connectivity index (χ2v) is 6.96. The summed E-state index contributed by atoms with van der Waals surface area (Å²) in [5.41, 5.74) is 1.32. The maximum Gasteiger partial charge on any atom is 0.134 e. The molecule has 1 aromatic rings. The van der Waals surface area contributed by atoms with Crippen LogP contribution in [0.15, 0.2) is 24.3 Å². The molecule has 1 N–H and O–H groups in total. The number of hydrogen-bond donors (Lipinski definition) is 1. The average Bonchev–Trinajstić information content (AvgIpc) is 2.49. The highest BCUT2D eigenvalue weighted by atomic mass is 16.3. The minimum absolute atomic E-state index is 0.0999. The normalized spacial score (nSPS) is 26.0. The number of likely N-dealkylation sites (tertiary alicyclic amines) is 1. The molecule has 22 heavy (non-hydrogen) atoms. The third-order valence-electron chi connectivity index (χ3n) is 5.31. The van der Waals surface area contributed by atoms with Crippen molar-refractivity contribution in [3.63, 3.8) is 0 Å². The lowest BCUT2D eigenvalue weighted by atomic mass is 9.68. The van der Waals surface area contributed by atoms with Gasteiger partial charge in [0.1, 0.15) is 11.5 Å². The quantitative estimate of drug-likeness (QED) is 0.870. The van der Waals surface area contributed by atoms with Crippen LogP contribution in [0.1, 0.15) is 52.0 Å². The molecule has 0 saturated carbocycles. The van der Waals surface area contributed by atoms with Crippen molar-refractivity contribution in [2.24, 2.45) is 5.92 Å². The number of aromatic hydroxyl groups is 1. The molecule has 0 aromatic heterocycles. The summed E-state index contributed by atoms with van der Waals surface area (Å²) in [5.74, 6) is 1.24. The van der Waals surface area contributed by atoms with Crippen molar-refractivity contribution < 1.29 is 9.90 Å². The maximum atomic E-state index is 11.7. The summed E-state index contributed by atoms with van der Waals surface area (Å²) in [6.07, 6.45) is 3.41. The van der Waals surface area contributed by atoms with Crippen LogP contribution in [0.5, 0.6) is 5.75 Å². The Morgan fingerprint density at radius 1 is 1.41 bits per heavy atom. The predicted octanol–water partition coefficient (Wildman–Crippen LogP) is 3.75. The monoisotopic (exact) mass is 303 g/mol. The summed E-state index contributed by atoms with van der Waals surface area (Å²) in [7, 11) is 0. The van der Waals surface area contributed by atoms with E-state index in [-0.39, 0.29) is 5.41 Å². The van der Waals surface area contributed by atoms with Crippen molar-refractivity contribution in [2.75, 3.05) is 19.6 Å². The molecule has 2 rings (SSSR count). The number of benzene rings is 1. The Hall–Kier alpha value is -1.35. The van der Waals surface area contributed by atoms with Crippen molar-refractivity contribution >= 4 is 5.78 Å². The Balaban J connectivity index is 1.96. The van der Waals surface area contributed by atoms with E-state index in [9.17, 15) is 9.90 Å². The number of nitrogens with zero attached hydrogens (tertiary/aromatic N) is 1. The number of ketones is 1. The molecule has 1 aliphatic rings. The summed E-state index contributed by atoms with van der Waals surface area (Å²) in [5, 5.41) is 9.74. The van der Waals surface area contributed by atoms with E-state index < -0.39 is 0 Å².